The predicted octanol–water partition coefficient (Wildman–Crippen LogP) is 3.82. The van der Waals surface area contributed by atoms with E-state index in [1.165, 1.54) is 4.31 Å². The van der Waals surface area contributed by atoms with Crippen LogP contribution in [0.25, 0.3) is 0 Å². The maximum absolute atomic E-state index is 12.9. The van der Waals surface area contributed by atoms with E-state index >= 15 is 0 Å². The maximum Gasteiger partial charge on any atom is 0.243 e. The average Bonchev–Trinajstić information content (AvgIpc) is 2.68. The topological polar surface area (TPSA) is 75.7 Å². The van der Waals surface area contributed by atoms with Crippen LogP contribution < -0.4 is 10.1 Å². The minimum Gasteiger partial charge on any atom is -0.491 e. The van der Waals surface area contributed by atoms with Gasteiger partial charge in [-0.2, -0.15) is 4.31 Å². The molecule has 0 aliphatic carbocycles. The highest BCUT2D eigenvalue weighted by Crippen LogP contribution is 2.26. The van der Waals surface area contributed by atoms with Crippen molar-refractivity contribution in [3.8, 4) is 5.75 Å². The number of nitrogens with zero attached hydrogens (tertiary/aromatic N) is 1. The summed E-state index contributed by atoms with van der Waals surface area (Å²) in [7, 11) is -3.60. The van der Waals surface area contributed by atoms with E-state index in [1.807, 2.05) is 32.9 Å². The third-order valence-corrected chi connectivity index (χ3v) is 6.77. The smallest absolute Gasteiger partial charge is 0.243 e. The van der Waals surface area contributed by atoms with Crippen LogP contribution >= 0.6 is 0 Å². The molecule has 1 heterocycles. The van der Waals surface area contributed by atoms with Crippen molar-refractivity contribution in [2.24, 2.45) is 5.92 Å². The number of piperidine rings is 1. The van der Waals surface area contributed by atoms with E-state index in [-0.39, 0.29) is 23.5 Å². The molecule has 3 rings (SSSR count). The Morgan fingerprint density at radius 2 is 1.90 bits per heavy atom. The summed E-state index contributed by atoms with van der Waals surface area (Å²) >= 11 is 0. The van der Waals surface area contributed by atoms with Gasteiger partial charge >= 0.3 is 0 Å². The second-order valence-corrected chi connectivity index (χ2v) is 9.64. The van der Waals surface area contributed by atoms with Gasteiger partial charge in [-0.3, -0.25) is 4.79 Å². The molecule has 1 saturated heterocycles. The van der Waals surface area contributed by atoms with E-state index in [2.05, 4.69) is 5.32 Å². The fraction of sp³-hybridized carbons (Fsp3) is 0.409. The fourth-order valence-corrected chi connectivity index (χ4v) is 4.92. The predicted molar refractivity (Wildman–Crippen MR) is 113 cm³/mol. The van der Waals surface area contributed by atoms with Gasteiger partial charge < -0.3 is 10.1 Å². The zero-order valence-electron chi connectivity index (χ0n) is 17.1. The molecule has 29 heavy (non-hydrogen) atoms. The Kier molecular flexibility index (Phi) is 6.59. The molecular weight excluding hydrogens is 388 g/mol. The zero-order valence-corrected chi connectivity index (χ0v) is 17.9. The zero-order chi connectivity index (χ0) is 21.0. The van der Waals surface area contributed by atoms with Gasteiger partial charge in [0.25, 0.3) is 0 Å². The SMILES string of the molecule is Cc1ccc(S(=O)(=O)N2CCC[C@@H](C(=O)Nc3cccc(OC(C)C)c3)C2)cc1. The van der Waals surface area contributed by atoms with Gasteiger partial charge in [0.05, 0.1) is 16.9 Å². The number of ether oxygens (including phenoxy) is 1. The molecule has 2 aromatic rings. The van der Waals surface area contributed by atoms with Gasteiger partial charge in [0.2, 0.25) is 15.9 Å². The van der Waals surface area contributed by atoms with Crippen LogP contribution in [-0.4, -0.2) is 37.8 Å². The van der Waals surface area contributed by atoms with Crippen LogP contribution in [0.2, 0.25) is 0 Å². The monoisotopic (exact) mass is 416 g/mol. The van der Waals surface area contributed by atoms with E-state index in [0.717, 1.165) is 5.56 Å². The van der Waals surface area contributed by atoms with Crippen LogP contribution in [0.5, 0.6) is 5.75 Å². The minimum absolute atomic E-state index is 0.0415. The van der Waals surface area contributed by atoms with Gasteiger partial charge in [-0.1, -0.05) is 23.8 Å². The molecular formula is C22H28N2O4S. The molecule has 0 bridgehead atoms. The summed E-state index contributed by atoms with van der Waals surface area (Å²) in [5, 5.41) is 2.90. The highest BCUT2D eigenvalue weighted by Gasteiger charge is 2.33. The molecule has 7 heteroatoms. The Bertz CT molecular complexity index is 955. The highest BCUT2D eigenvalue weighted by molar-refractivity contribution is 7.89. The van der Waals surface area contributed by atoms with Crippen molar-refractivity contribution >= 4 is 21.6 Å². The molecule has 1 amide bonds. The number of carbonyl (C=O) groups excluding carboxylic acids is 1. The normalized spacial score (nSPS) is 17.9. The van der Waals surface area contributed by atoms with Crippen molar-refractivity contribution in [1.29, 1.82) is 0 Å². The van der Waals surface area contributed by atoms with E-state index < -0.39 is 15.9 Å². The molecule has 1 fully saturated rings. The number of benzene rings is 2. The number of hydrogen-bond donors (Lipinski definition) is 1. The van der Waals surface area contributed by atoms with Crippen LogP contribution in [0.15, 0.2) is 53.4 Å². The van der Waals surface area contributed by atoms with Gasteiger partial charge in [-0.05, 0) is 57.9 Å². The maximum atomic E-state index is 12.9. The van der Waals surface area contributed by atoms with Crippen LogP contribution in [0.1, 0.15) is 32.3 Å². The Labute approximate surface area is 172 Å². The van der Waals surface area contributed by atoms with E-state index in [9.17, 15) is 13.2 Å². The number of amides is 1. The molecule has 0 unspecified atom stereocenters. The molecule has 0 spiro atoms. The minimum atomic E-state index is -3.60. The van der Waals surface area contributed by atoms with Crippen molar-refractivity contribution in [2.45, 2.75) is 44.6 Å². The van der Waals surface area contributed by atoms with Crippen molar-refractivity contribution < 1.29 is 17.9 Å². The second kappa shape index (κ2) is 8.97. The molecule has 1 aliphatic rings. The Balaban J connectivity index is 1.69. The van der Waals surface area contributed by atoms with E-state index in [0.29, 0.717) is 30.8 Å². The fourth-order valence-electron chi connectivity index (χ4n) is 3.40. The highest BCUT2D eigenvalue weighted by atomic mass is 32.2. The summed E-state index contributed by atoms with van der Waals surface area (Å²) in [5.74, 6) is 0.124. The van der Waals surface area contributed by atoms with Crippen molar-refractivity contribution in [2.75, 3.05) is 18.4 Å². The first-order valence-corrected chi connectivity index (χ1v) is 11.3. The number of hydrogen-bond acceptors (Lipinski definition) is 4. The third kappa shape index (κ3) is 5.36. The van der Waals surface area contributed by atoms with E-state index in [4.69, 9.17) is 4.74 Å². The summed E-state index contributed by atoms with van der Waals surface area (Å²) in [6, 6.07) is 14.0. The number of nitrogens with one attached hydrogen (secondary N) is 1. The van der Waals surface area contributed by atoms with Crippen LogP contribution in [0.3, 0.4) is 0 Å². The quantitative estimate of drug-likeness (QED) is 0.777. The first-order valence-electron chi connectivity index (χ1n) is 9.90. The summed E-state index contributed by atoms with van der Waals surface area (Å²) < 4.78 is 33.0. The average molecular weight is 417 g/mol. The van der Waals surface area contributed by atoms with Gasteiger partial charge in [-0.15, -0.1) is 0 Å². The van der Waals surface area contributed by atoms with Gasteiger partial charge in [0, 0.05) is 24.8 Å². The molecule has 156 valence electrons. The Morgan fingerprint density at radius 1 is 1.17 bits per heavy atom. The summed E-state index contributed by atoms with van der Waals surface area (Å²) in [6.45, 7) is 6.41. The standard InChI is InChI=1S/C22H28N2O4S/c1-16(2)28-20-8-4-7-19(14-20)23-22(25)18-6-5-13-24(15-18)29(26,27)21-11-9-17(3)10-12-21/h4,7-12,14,16,18H,5-6,13,15H2,1-3H3,(H,23,25)/t18-/m1/s1. The molecule has 1 N–H and O–H groups in total. The number of sulfonamides is 1. The largest absolute Gasteiger partial charge is 0.491 e. The van der Waals surface area contributed by atoms with Gasteiger partial charge in [0.15, 0.2) is 0 Å². The Hall–Kier alpha value is -2.38. The number of carbonyl (C=O) groups is 1. The summed E-state index contributed by atoms with van der Waals surface area (Å²) in [6.07, 6.45) is 1.35. The molecule has 1 aliphatic heterocycles. The summed E-state index contributed by atoms with van der Waals surface area (Å²) in [5.41, 5.74) is 1.65. The van der Waals surface area contributed by atoms with Gasteiger partial charge in [0.1, 0.15) is 5.75 Å². The van der Waals surface area contributed by atoms with Crippen LogP contribution in [0.4, 0.5) is 5.69 Å². The lowest BCUT2D eigenvalue weighted by Crippen LogP contribution is -2.43. The molecule has 0 aromatic heterocycles. The van der Waals surface area contributed by atoms with Crippen molar-refractivity contribution in [1.82, 2.24) is 4.31 Å². The first-order chi connectivity index (χ1) is 13.8. The molecule has 0 saturated carbocycles. The second-order valence-electron chi connectivity index (χ2n) is 7.70. The number of anilines is 1. The van der Waals surface area contributed by atoms with Crippen molar-refractivity contribution in [3.05, 3.63) is 54.1 Å². The number of aryl methyl sites for hydroxylation is 1. The molecule has 6 nitrogen and oxygen atoms in total. The lowest BCUT2D eigenvalue weighted by Gasteiger charge is -2.31. The third-order valence-electron chi connectivity index (χ3n) is 4.89. The summed E-state index contributed by atoms with van der Waals surface area (Å²) in [4.78, 5) is 13.0. The Morgan fingerprint density at radius 3 is 2.59 bits per heavy atom. The molecule has 2 aromatic carbocycles. The van der Waals surface area contributed by atoms with E-state index in [1.54, 1.807) is 36.4 Å². The number of rotatable bonds is 6. The van der Waals surface area contributed by atoms with Crippen LogP contribution in [0, 0.1) is 12.8 Å². The molecule has 1 atom stereocenters. The lowest BCUT2D eigenvalue weighted by molar-refractivity contribution is -0.120. The first kappa shape index (κ1) is 21.3. The van der Waals surface area contributed by atoms with Gasteiger partial charge in [-0.25, -0.2) is 8.42 Å². The lowest BCUT2D eigenvalue weighted by atomic mass is 9.98. The molecule has 0 radical (unpaired) electrons. The van der Waals surface area contributed by atoms with Crippen molar-refractivity contribution in [3.63, 3.8) is 0 Å². The van der Waals surface area contributed by atoms with Crippen LogP contribution in [-0.2, 0) is 14.8 Å².